The maximum Gasteiger partial charge on any atom is 0.261 e. The van der Waals surface area contributed by atoms with Crippen LogP contribution in [0.1, 0.15) is 27.0 Å². The van der Waals surface area contributed by atoms with Crippen LogP contribution in [0.25, 0.3) is 0 Å². The molecule has 182 valence electrons. The van der Waals surface area contributed by atoms with Crippen LogP contribution in [-0.2, 0) is 27.8 Å². The molecule has 0 fully saturated rings. The average Bonchev–Trinajstić information content (AvgIpc) is 2.85. The predicted molar refractivity (Wildman–Crippen MR) is 142 cm³/mol. The number of hydrogen-bond donors (Lipinski definition) is 2. The lowest BCUT2D eigenvalue weighted by Crippen LogP contribution is -2.42. The zero-order chi connectivity index (χ0) is 25.2. The number of nitrogens with zero attached hydrogens (tertiary/aromatic N) is 1. The van der Waals surface area contributed by atoms with Gasteiger partial charge >= 0.3 is 0 Å². The number of benzene rings is 3. The summed E-state index contributed by atoms with van der Waals surface area (Å²) in [6, 6.07) is 16.5. The highest BCUT2D eigenvalue weighted by molar-refractivity contribution is 9.10. The van der Waals surface area contributed by atoms with Crippen molar-refractivity contribution < 1.29 is 18.0 Å². The van der Waals surface area contributed by atoms with Gasteiger partial charge in [0.25, 0.3) is 15.9 Å². The fraction of sp³-hybridized carbons (Fsp3) is 0.200. The van der Waals surface area contributed by atoms with Crippen LogP contribution in [-0.4, -0.2) is 38.2 Å². The monoisotopic (exact) mass is 619 g/mol. The molecule has 1 aliphatic rings. The summed E-state index contributed by atoms with van der Waals surface area (Å²) < 4.78 is 29.3. The number of amides is 2. The van der Waals surface area contributed by atoms with E-state index in [1.54, 1.807) is 17.0 Å². The van der Waals surface area contributed by atoms with E-state index in [4.69, 9.17) is 0 Å². The zero-order valence-corrected chi connectivity index (χ0v) is 22.8. The first-order valence-corrected chi connectivity index (χ1v) is 13.9. The van der Waals surface area contributed by atoms with E-state index in [0.29, 0.717) is 24.3 Å². The number of nitrogens with one attached hydrogen (secondary N) is 2. The molecule has 10 heteroatoms. The average molecular weight is 621 g/mol. The van der Waals surface area contributed by atoms with Crippen LogP contribution < -0.4 is 10.0 Å². The van der Waals surface area contributed by atoms with Crippen LogP contribution in [0.5, 0.6) is 0 Å². The molecule has 2 N–H and O–H groups in total. The van der Waals surface area contributed by atoms with Crippen molar-refractivity contribution in [1.29, 1.82) is 0 Å². The van der Waals surface area contributed by atoms with Gasteiger partial charge in [0, 0.05) is 33.3 Å². The zero-order valence-electron chi connectivity index (χ0n) is 18.8. The van der Waals surface area contributed by atoms with Crippen molar-refractivity contribution in [3.8, 4) is 0 Å². The maximum absolute atomic E-state index is 12.7. The molecule has 35 heavy (non-hydrogen) atoms. The van der Waals surface area contributed by atoms with Crippen LogP contribution >= 0.6 is 31.9 Å². The van der Waals surface area contributed by atoms with Gasteiger partial charge in [-0.2, -0.15) is 0 Å². The molecule has 0 saturated carbocycles. The largest absolute Gasteiger partial charge is 0.343 e. The van der Waals surface area contributed by atoms with E-state index in [1.807, 2.05) is 6.92 Å². The Morgan fingerprint density at radius 2 is 1.66 bits per heavy atom. The Hall–Kier alpha value is -2.69. The van der Waals surface area contributed by atoms with Gasteiger partial charge in [0.2, 0.25) is 5.91 Å². The Bertz CT molecular complexity index is 1380. The molecule has 1 aliphatic heterocycles. The third kappa shape index (κ3) is 5.94. The van der Waals surface area contributed by atoms with E-state index < -0.39 is 15.9 Å². The van der Waals surface area contributed by atoms with Crippen molar-refractivity contribution in [1.82, 2.24) is 10.2 Å². The Kier molecular flexibility index (Phi) is 7.63. The molecular formula is C25H23Br2N3O4S. The molecule has 0 atom stereocenters. The first kappa shape index (κ1) is 25.4. The summed E-state index contributed by atoms with van der Waals surface area (Å²) in [4.78, 5) is 27.1. The Morgan fingerprint density at radius 1 is 0.971 bits per heavy atom. The van der Waals surface area contributed by atoms with Crippen molar-refractivity contribution in [2.24, 2.45) is 0 Å². The van der Waals surface area contributed by atoms with Gasteiger partial charge < -0.3 is 10.2 Å². The first-order chi connectivity index (χ1) is 16.6. The van der Waals surface area contributed by atoms with E-state index in [9.17, 15) is 18.0 Å². The minimum Gasteiger partial charge on any atom is -0.343 e. The lowest BCUT2D eigenvalue weighted by molar-refractivity contribution is -0.131. The number of carbonyl (C=O) groups excluding carboxylic acids is 2. The molecule has 0 unspecified atom stereocenters. The second-order valence-corrected chi connectivity index (χ2v) is 11.6. The fourth-order valence-corrected chi connectivity index (χ4v) is 5.64. The fourth-order valence-electron chi connectivity index (χ4n) is 3.81. The normalized spacial score (nSPS) is 13.2. The molecule has 2 amide bonds. The Labute approximate surface area is 221 Å². The quantitative estimate of drug-likeness (QED) is 0.420. The summed E-state index contributed by atoms with van der Waals surface area (Å²) in [6.45, 7) is 3.00. The second-order valence-electron chi connectivity index (χ2n) is 8.22. The third-order valence-corrected chi connectivity index (χ3v) is 8.84. The summed E-state index contributed by atoms with van der Waals surface area (Å²) in [5.74, 6) is -0.564. The first-order valence-electron chi connectivity index (χ1n) is 10.9. The van der Waals surface area contributed by atoms with Gasteiger partial charge in [-0.15, -0.1) is 0 Å². The minimum atomic E-state index is -3.75. The van der Waals surface area contributed by atoms with Crippen LogP contribution in [0.4, 0.5) is 5.69 Å². The van der Waals surface area contributed by atoms with Gasteiger partial charge in [-0.3, -0.25) is 14.3 Å². The van der Waals surface area contributed by atoms with Crippen molar-refractivity contribution in [2.45, 2.75) is 24.8 Å². The smallest absolute Gasteiger partial charge is 0.261 e. The number of fused-ring (bicyclic) bond motifs is 1. The molecular weight excluding hydrogens is 598 g/mol. The van der Waals surface area contributed by atoms with Gasteiger partial charge in [0.1, 0.15) is 0 Å². The van der Waals surface area contributed by atoms with Gasteiger partial charge in [-0.25, -0.2) is 8.42 Å². The molecule has 4 rings (SSSR count). The topological polar surface area (TPSA) is 95.6 Å². The number of anilines is 1. The molecule has 0 bridgehead atoms. The summed E-state index contributed by atoms with van der Waals surface area (Å²) >= 11 is 6.90. The van der Waals surface area contributed by atoms with Gasteiger partial charge in [0.15, 0.2) is 0 Å². The summed E-state index contributed by atoms with van der Waals surface area (Å²) in [5.41, 5.74) is 4.11. The molecule has 3 aromatic rings. The van der Waals surface area contributed by atoms with Crippen molar-refractivity contribution >= 4 is 59.4 Å². The second kappa shape index (κ2) is 10.5. The van der Waals surface area contributed by atoms with Crippen molar-refractivity contribution in [3.63, 3.8) is 0 Å². The van der Waals surface area contributed by atoms with E-state index in [0.717, 1.165) is 26.5 Å². The Morgan fingerprint density at radius 3 is 2.34 bits per heavy atom. The predicted octanol–water partition coefficient (Wildman–Crippen LogP) is 4.64. The molecule has 0 spiro atoms. The number of aryl methyl sites for hydroxylation is 1. The van der Waals surface area contributed by atoms with Crippen LogP contribution in [0, 0.1) is 6.92 Å². The van der Waals surface area contributed by atoms with Gasteiger partial charge in [0.05, 0.1) is 11.4 Å². The molecule has 3 aromatic carbocycles. The molecule has 0 radical (unpaired) electrons. The van der Waals surface area contributed by atoms with E-state index >= 15 is 0 Å². The number of halogens is 2. The summed E-state index contributed by atoms with van der Waals surface area (Å²) in [5, 5.41) is 2.66. The van der Waals surface area contributed by atoms with Gasteiger partial charge in [-0.05, 0) is 78.6 Å². The van der Waals surface area contributed by atoms with Gasteiger partial charge in [-0.1, -0.05) is 44.0 Å². The highest BCUT2D eigenvalue weighted by atomic mass is 79.9. The minimum absolute atomic E-state index is 0.116. The van der Waals surface area contributed by atoms with E-state index in [2.05, 4.69) is 54.0 Å². The summed E-state index contributed by atoms with van der Waals surface area (Å²) in [6.07, 6.45) is 0.769. The number of carbonyl (C=O) groups is 2. The van der Waals surface area contributed by atoms with Crippen LogP contribution in [0.3, 0.4) is 0 Å². The highest BCUT2D eigenvalue weighted by Crippen LogP contribution is 2.29. The molecule has 0 saturated heterocycles. The lowest BCUT2D eigenvalue weighted by atomic mass is 9.97. The van der Waals surface area contributed by atoms with Crippen molar-refractivity contribution in [2.75, 3.05) is 17.8 Å². The molecule has 0 aromatic heterocycles. The third-order valence-electron chi connectivity index (χ3n) is 5.81. The van der Waals surface area contributed by atoms with E-state index in [-0.39, 0.29) is 17.3 Å². The lowest BCUT2D eigenvalue weighted by Gasteiger charge is -2.30. The number of rotatable bonds is 6. The SMILES string of the molecule is Cc1ccc2c(c1Br)CN(C(=O)CNC(=O)c1ccc(NS(=O)(=O)c3ccc(Br)cc3)cc1)CC2. The van der Waals surface area contributed by atoms with Crippen LogP contribution in [0.15, 0.2) is 74.5 Å². The van der Waals surface area contributed by atoms with Crippen molar-refractivity contribution in [3.05, 3.63) is 91.9 Å². The number of hydrogen-bond acceptors (Lipinski definition) is 4. The molecule has 1 heterocycles. The number of sulfonamides is 1. The summed E-state index contributed by atoms with van der Waals surface area (Å²) in [7, 11) is -3.75. The molecule has 7 nitrogen and oxygen atoms in total. The highest BCUT2D eigenvalue weighted by Gasteiger charge is 2.23. The molecule has 0 aliphatic carbocycles. The Balaban J connectivity index is 1.33. The standard InChI is InChI=1S/C25H23Br2N3O4S/c1-16-2-3-17-12-13-30(15-22(17)24(16)27)23(31)14-28-25(32)18-4-8-20(9-5-18)29-35(33,34)21-10-6-19(26)7-11-21/h2-11,29H,12-15H2,1H3,(H,28,32). The maximum atomic E-state index is 12.7. The van der Waals surface area contributed by atoms with Crippen LogP contribution in [0.2, 0.25) is 0 Å². The van der Waals surface area contributed by atoms with E-state index in [1.165, 1.54) is 42.0 Å².